The lowest BCUT2D eigenvalue weighted by atomic mass is 9.99. The van der Waals surface area contributed by atoms with Gasteiger partial charge < -0.3 is 5.41 Å². The molecular weight excluding hydrogens is 302 g/mol. The quantitative estimate of drug-likeness (QED) is 0.231. The highest BCUT2D eigenvalue weighted by molar-refractivity contribution is 5.99. The average molecular weight is 344 g/mol. The number of hydrogen-bond acceptors (Lipinski definition) is 1. The van der Waals surface area contributed by atoms with Crippen molar-refractivity contribution in [1.29, 1.82) is 5.41 Å². The van der Waals surface area contributed by atoms with Crippen LogP contribution in [0.2, 0.25) is 0 Å². The van der Waals surface area contributed by atoms with Crippen LogP contribution in [-0.2, 0) is 0 Å². The lowest BCUT2D eigenvalue weighted by Crippen LogP contribution is -2.01. The molecule has 0 radical (unpaired) electrons. The lowest BCUT2D eigenvalue weighted by molar-refractivity contribution is 0.537. The fourth-order valence-electron chi connectivity index (χ4n) is 3.54. The van der Waals surface area contributed by atoms with Crippen LogP contribution >= 0.6 is 0 Å². The van der Waals surface area contributed by atoms with E-state index in [0.717, 1.165) is 17.7 Å². The summed E-state index contributed by atoms with van der Waals surface area (Å²) >= 11 is 0. The fraction of sp³-hybridized carbons (Fsp3) is 0.708. The van der Waals surface area contributed by atoms with E-state index in [4.69, 9.17) is 5.41 Å². The second kappa shape index (κ2) is 15.2. The standard InChI is InChI=1S/C24H41N/c1-3-4-5-6-7-8-9-10-11-12-13-14-15-16-21-24(25)23-20-18-17-19-22(23)2/h17-20,25H,3-16,21H2,1-2H3. The third kappa shape index (κ3) is 11.2. The Labute approximate surface area is 157 Å². The Bertz CT molecular complexity index is 449. The zero-order valence-electron chi connectivity index (χ0n) is 16.9. The number of aryl methyl sites for hydroxylation is 1. The summed E-state index contributed by atoms with van der Waals surface area (Å²) in [5.41, 5.74) is 3.19. The van der Waals surface area contributed by atoms with Gasteiger partial charge in [0, 0.05) is 5.71 Å². The van der Waals surface area contributed by atoms with Crippen LogP contribution in [0, 0.1) is 12.3 Å². The second-order valence-electron chi connectivity index (χ2n) is 7.64. The van der Waals surface area contributed by atoms with E-state index < -0.39 is 0 Å². The van der Waals surface area contributed by atoms with Gasteiger partial charge in [-0.25, -0.2) is 0 Å². The molecule has 0 spiro atoms. The Morgan fingerprint density at radius 1 is 0.680 bits per heavy atom. The summed E-state index contributed by atoms with van der Waals surface area (Å²) in [7, 11) is 0. The molecule has 25 heavy (non-hydrogen) atoms. The Kier molecular flexibility index (Phi) is 13.3. The van der Waals surface area contributed by atoms with Crippen molar-refractivity contribution < 1.29 is 0 Å². The van der Waals surface area contributed by atoms with Gasteiger partial charge in [0.2, 0.25) is 0 Å². The Balaban J connectivity index is 1.86. The predicted octanol–water partition coefficient (Wildman–Crippen LogP) is 8.23. The molecule has 0 fully saturated rings. The molecule has 0 atom stereocenters. The van der Waals surface area contributed by atoms with Crippen molar-refractivity contribution >= 4 is 5.71 Å². The minimum atomic E-state index is 0.817. The van der Waals surface area contributed by atoms with E-state index in [0.29, 0.717) is 0 Å². The van der Waals surface area contributed by atoms with Crippen molar-refractivity contribution in [2.75, 3.05) is 0 Å². The molecule has 0 amide bonds. The smallest absolute Gasteiger partial charge is 0.0388 e. The highest BCUT2D eigenvalue weighted by Crippen LogP contribution is 2.15. The summed E-state index contributed by atoms with van der Waals surface area (Å²) in [4.78, 5) is 0. The van der Waals surface area contributed by atoms with Crippen LogP contribution in [0.5, 0.6) is 0 Å². The molecule has 0 unspecified atom stereocenters. The molecule has 0 aromatic heterocycles. The maximum atomic E-state index is 8.23. The topological polar surface area (TPSA) is 23.9 Å². The van der Waals surface area contributed by atoms with Crippen molar-refractivity contribution in [2.45, 2.75) is 110 Å². The zero-order chi connectivity index (χ0) is 18.2. The molecule has 0 bridgehead atoms. The highest BCUT2D eigenvalue weighted by atomic mass is 14.4. The van der Waals surface area contributed by atoms with Crippen LogP contribution < -0.4 is 0 Å². The summed E-state index contributed by atoms with van der Waals surface area (Å²) in [5, 5.41) is 8.23. The molecule has 1 aromatic rings. The van der Waals surface area contributed by atoms with Gasteiger partial charge in [-0.05, 0) is 30.9 Å². The molecule has 0 saturated heterocycles. The maximum Gasteiger partial charge on any atom is 0.0388 e. The fourth-order valence-corrected chi connectivity index (χ4v) is 3.54. The minimum absolute atomic E-state index is 0.817. The van der Waals surface area contributed by atoms with Gasteiger partial charge in [0.15, 0.2) is 0 Å². The molecule has 0 aliphatic carbocycles. The van der Waals surface area contributed by atoms with Crippen LogP contribution in [0.1, 0.15) is 114 Å². The van der Waals surface area contributed by atoms with Gasteiger partial charge in [-0.1, -0.05) is 115 Å². The third-order valence-corrected chi connectivity index (χ3v) is 5.25. The molecule has 0 aliphatic heterocycles. The number of hydrogen-bond donors (Lipinski definition) is 1. The molecule has 0 heterocycles. The van der Waals surface area contributed by atoms with E-state index in [2.05, 4.69) is 32.0 Å². The van der Waals surface area contributed by atoms with Gasteiger partial charge in [0.1, 0.15) is 0 Å². The summed E-state index contributed by atoms with van der Waals surface area (Å²) < 4.78 is 0. The van der Waals surface area contributed by atoms with Crippen molar-refractivity contribution in [3.63, 3.8) is 0 Å². The van der Waals surface area contributed by atoms with Crippen LogP contribution in [0.3, 0.4) is 0 Å². The number of benzene rings is 1. The Morgan fingerprint density at radius 2 is 1.12 bits per heavy atom. The van der Waals surface area contributed by atoms with Gasteiger partial charge in [0.25, 0.3) is 0 Å². The van der Waals surface area contributed by atoms with Gasteiger partial charge in [-0.2, -0.15) is 0 Å². The van der Waals surface area contributed by atoms with E-state index >= 15 is 0 Å². The third-order valence-electron chi connectivity index (χ3n) is 5.25. The first-order valence-corrected chi connectivity index (χ1v) is 10.9. The molecule has 1 N–H and O–H groups in total. The first kappa shape index (κ1) is 21.9. The van der Waals surface area contributed by atoms with Crippen LogP contribution in [0.15, 0.2) is 24.3 Å². The molecule has 1 nitrogen and oxygen atoms in total. The predicted molar refractivity (Wildman–Crippen MR) is 113 cm³/mol. The first-order valence-electron chi connectivity index (χ1n) is 10.9. The Hall–Kier alpha value is -1.11. The minimum Gasteiger partial charge on any atom is -0.305 e. The first-order chi connectivity index (χ1) is 12.3. The summed E-state index contributed by atoms with van der Waals surface area (Å²) in [6.45, 7) is 4.39. The Morgan fingerprint density at radius 3 is 1.60 bits per heavy atom. The normalized spacial score (nSPS) is 11.0. The van der Waals surface area contributed by atoms with E-state index in [1.165, 1.54) is 95.5 Å². The van der Waals surface area contributed by atoms with E-state index in [1.807, 2.05) is 6.07 Å². The van der Waals surface area contributed by atoms with E-state index in [1.54, 1.807) is 0 Å². The molecule has 1 rings (SSSR count). The monoisotopic (exact) mass is 343 g/mol. The van der Waals surface area contributed by atoms with E-state index in [-0.39, 0.29) is 0 Å². The summed E-state index contributed by atoms with van der Waals surface area (Å²) in [6.07, 6.45) is 20.4. The molecular formula is C24H41N. The zero-order valence-corrected chi connectivity index (χ0v) is 16.9. The SMILES string of the molecule is CCCCCCCCCCCCCCCCC(=N)c1ccccc1C. The number of rotatable bonds is 16. The molecule has 1 aromatic carbocycles. The van der Waals surface area contributed by atoms with Gasteiger partial charge >= 0.3 is 0 Å². The van der Waals surface area contributed by atoms with Gasteiger partial charge in [-0.3, -0.25) is 0 Å². The van der Waals surface area contributed by atoms with Crippen molar-refractivity contribution in [3.8, 4) is 0 Å². The van der Waals surface area contributed by atoms with Crippen molar-refractivity contribution in [3.05, 3.63) is 35.4 Å². The molecule has 0 saturated carbocycles. The van der Waals surface area contributed by atoms with Crippen molar-refractivity contribution in [1.82, 2.24) is 0 Å². The summed E-state index contributed by atoms with van der Waals surface area (Å²) in [5.74, 6) is 0. The van der Waals surface area contributed by atoms with Gasteiger partial charge in [-0.15, -0.1) is 0 Å². The maximum absolute atomic E-state index is 8.23. The van der Waals surface area contributed by atoms with Gasteiger partial charge in [0.05, 0.1) is 0 Å². The van der Waals surface area contributed by atoms with Crippen LogP contribution in [0.25, 0.3) is 0 Å². The van der Waals surface area contributed by atoms with Crippen LogP contribution in [-0.4, -0.2) is 5.71 Å². The van der Waals surface area contributed by atoms with E-state index in [9.17, 15) is 0 Å². The molecule has 1 heteroatoms. The highest BCUT2D eigenvalue weighted by Gasteiger charge is 2.03. The number of nitrogens with one attached hydrogen (secondary N) is 1. The average Bonchev–Trinajstić information content (AvgIpc) is 2.62. The van der Waals surface area contributed by atoms with Crippen LogP contribution in [0.4, 0.5) is 0 Å². The summed E-state index contributed by atoms with van der Waals surface area (Å²) in [6, 6.07) is 8.29. The molecule has 142 valence electrons. The lowest BCUT2D eigenvalue weighted by Gasteiger charge is -2.07. The second-order valence-corrected chi connectivity index (χ2v) is 7.64. The van der Waals surface area contributed by atoms with Crippen molar-refractivity contribution in [2.24, 2.45) is 0 Å². The molecule has 0 aliphatic rings. The largest absolute Gasteiger partial charge is 0.305 e. The number of unbranched alkanes of at least 4 members (excludes halogenated alkanes) is 13.